The smallest absolute Gasteiger partial charge is 0.192 e. The quantitative estimate of drug-likeness (QED) is 0.470. The fraction of sp³-hybridized carbons (Fsp3) is 0.238. The Kier molecular flexibility index (Phi) is 3.82. The highest BCUT2D eigenvalue weighted by Crippen LogP contribution is 2.44. The first kappa shape index (κ1) is 15.7. The Morgan fingerprint density at radius 3 is 2.62 bits per heavy atom. The average molecular weight is 360 g/mol. The molecule has 130 valence electrons. The predicted molar refractivity (Wildman–Crippen MR) is 106 cm³/mol. The van der Waals surface area contributed by atoms with Gasteiger partial charge in [0, 0.05) is 34.0 Å². The number of nitrogens with zero attached hydrogens (tertiary/aromatic N) is 3. The number of hydrogen-bond donors (Lipinski definition) is 1. The average Bonchev–Trinajstić information content (AvgIpc) is 3.30. The maximum Gasteiger partial charge on any atom is 0.192 e. The molecular weight excluding hydrogens is 340 g/mol. The number of nitrogens with one attached hydrogen (secondary N) is 1. The van der Waals surface area contributed by atoms with Crippen molar-refractivity contribution in [1.82, 2.24) is 19.7 Å². The Bertz CT molecular complexity index is 1050. The molecule has 0 amide bonds. The van der Waals surface area contributed by atoms with E-state index < -0.39 is 0 Å². The third-order valence-electron chi connectivity index (χ3n) is 4.96. The van der Waals surface area contributed by atoms with Crippen LogP contribution in [0.3, 0.4) is 0 Å². The largest absolute Gasteiger partial charge is 0.360 e. The molecule has 5 rings (SSSR count). The Hall–Kier alpha value is -2.53. The van der Waals surface area contributed by atoms with Crippen molar-refractivity contribution >= 4 is 22.7 Å². The molecule has 2 aromatic carbocycles. The Morgan fingerprint density at radius 2 is 1.81 bits per heavy atom. The van der Waals surface area contributed by atoms with Crippen molar-refractivity contribution in [1.29, 1.82) is 0 Å². The third-order valence-corrected chi connectivity index (χ3v) is 6.07. The number of para-hydroxylation sites is 1. The van der Waals surface area contributed by atoms with Crippen LogP contribution in [0, 0.1) is 0 Å². The standard InChI is InChI=1S/C21H20N4S/c1-14(15-7-3-2-4-8-15)26-21-24-23-20(25(21)16-11-12-16)18-13-22-19-10-6-5-9-17(18)19/h2-10,13-14,16,22H,11-12H2,1H3/t14-/m0/s1. The fourth-order valence-electron chi connectivity index (χ4n) is 3.41. The number of H-pyrrole nitrogens is 1. The van der Waals surface area contributed by atoms with Gasteiger partial charge < -0.3 is 4.98 Å². The van der Waals surface area contributed by atoms with Gasteiger partial charge in [0.15, 0.2) is 11.0 Å². The summed E-state index contributed by atoms with van der Waals surface area (Å²) in [6.45, 7) is 2.23. The summed E-state index contributed by atoms with van der Waals surface area (Å²) < 4.78 is 2.35. The van der Waals surface area contributed by atoms with Crippen LogP contribution in [0.1, 0.15) is 36.6 Å². The zero-order valence-electron chi connectivity index (χ0n) is 14.6. The molecule has 1 atom stereocenters. The van der Waals surface area contributed by atoms with Crippen molar-refractivity contribution in [3.05, 3.63) is 66.4 Å². The topological polar surface area (TPSA) is 46.5 Å². The van der Waals surface area contributed by atoms with Gasteiger partial charge in [-0.05, 0) is 31.4 Å². The lowest BCUT2D eigenvalue weighted by atomic mass is 10.1. The summed E-state index contributed by atoms with van der Waals surface area (Å²) in [5.41, 5.74) is 3.59. The molecule has 4 nitrogen and oxygen atoms in total. The highest BCUT2D eigenvalue weighted by Gasteiger charge is 2.31. The zero-order chi connectivity index (χ0) is 17.5. The zero-order valence-corrected chi connectivity index (χ0v) is 15.4. The van der Waals surface area contributed by atoms with E-state index in [2.05, 4.69) is 87.5 Å². The van der Waals surface area contributed by atoms with Gasteiger partial charge >= 0.3 is 0 Å². The summed E-state index contributed by atoms with van der Waals surface area (Å²) in [6.07, 6.45) is 4.48. The van der Waals surface area contributed by atoms with Crippen LogP contribution >= 0.6 is 11.8 Å². The lowest BCUT2D eigenvalue weighted by Gasteiger charge is -2.13. The van der Waals surface area contributed by atoms with E-state index >= 15 is 0 Å². The summed E-state index contributed by atoms with van der Waals surface area (Å²) in [6, 6.07) is 19.5. The molecule has 2 heterocycles. The van der Waals surface area contributed by atoms with Crippen molar-refractivity contribution in [2.45, 2.75) is 36.2 Å². The maximum absolute atomic E-state index is 4.59. The molecule has 1 aliphatic rings. The summed E-state index contributed by atoms with van der Waals surface area (Å²) in [5.74, 6) is 0.979. The molecule has 0 spiro atoms. The molecule has 0 unspecified atom stereocenters. The molecule has 1 N–H and O–H groups in total. The van der Waals surface area contributed by atoms with Crippen molar-refractivity contribution in [2.24, 2.45) is 0 Å². The van der Waals surface area contributed by atoms with Crippen LogP contribution in [0.4, 0.5) is 0 Å². The van der Waals surface area contributed by atoms with Crippen LogP contribution in [0.25, 0.3) is 22.3 Å². The van der Waals surface area contributed by atoms with Crippen LogP contribution in [0.5, 0.6) is 0 Å². The van der Waals surface area contributed by atoms with E-state index in [9.17, 15) is 0 Å². The SMILES string of the molecule is C[C@H](Sc1nnc(-c2c[nH]c3ccccc23)n1C1CC1)c1ccccc1. The summed E-state index contributed by atoms with van der Waals surface area (Å²) in [5, 5.41) is 11.7. The number of fused-ring (bicyclic) bond motifs is 1. The first-order chi connectivity index (χ1) is 12.8. The molecular formula is C21H20N4S. The first-order valence-corrected chi connectivity index (χ1v) is 9.92. The molecule has 4 aromatic rings. The summed E-state index contributed by atoms with van der Waals surface area (Å²) in [4.78, 5) is 3.36. The molecule has 0 bridgehead atoms. The Labute approximate surface area is 156 Å². The van der Waals surface area contributed by atoms with Crippen molar-refractivity contribution < 1.29 is 0 Å². The van der Waals surface area contributed by atoms with E-state index in [-0.39, 0.29) is 0 Å². The molecule has 26 heavy (non-hydrogen) atoms. The van der Waals surface area contributed by atoms with E-state index in [0.717, 1.165) is 22.1 Å². The molecule has 0 aliphatic heterocycles. The number of thioether (sulfide) groups is 1. The number of aromatic nitrogens is 4. The van der Waals surface area contributed by atoms with E-state index in [1.807, 2.05) is 0 Å². The molecule has 0 saturated heterocycles. The van der Waals surface area contributed by atoms with Crippen LogP contribution in [-0.2, 0) is 0 Å². The monoisotopic (exact) mass is 360 g/mol. The minimum atomic E-state index is 0.341. The van der Waals surface area contributed by atoms with Crippen molar-refractivity contribution in [3.63, 3.8) is 0 Å². The number of aromatic amines is 1. The number of hydrogen-bond acceptors (Lipinski definition) is 3. The molecule has 1 saturated carbocycles. The minimum absolute atomic E-state index is 0.341. The second kappa shape index (κ2) is 6.32. The van der Waals surface area contributed by atoms with E-state index in [0.29, 0.717) is 11.3 Å². The maximum atomic E-state index is 4.59. The van der Waals surface area contributed by atoms with Crippen LogP contribution < -0.4 is 0 Å². The van der Waals surface area contributed by atoms with Crippen molar-refractivity contribution in [2.75, 3.05) is 0 Å². The lowest BCUT2D eigenvalue weighted by molar-refractivity contribution is 0.668. The van der Waals surface area contributed by atoms with E-state index in [4.69, 9.17) is 0 Å². The number of benzene rings is 2. The summed E-state index contributed by atoms with van der Waals surface area (Å²) in [7, 11) is 0. The number of rotatable bonds is 5. The van der Waals surface area contributed by atoms with Crippen LogP contribution in [-0.4, -0.2) is 19.7 Å². The van der Waals surface area contributed by atoms with Gasteiger partial charge in [-0.25, -0.2) is 0 Å². The third kappa shape index (κ3) is 2.72. The van der Waals surface area contributed by atoms with Crippen LogP contribution in [0.15, 0.2) is 66.0 Å². The summed E-state index contributed by atoms with van der Waals surface area (Å²) >= 11 is 1.79. The second-order valence-electron chi connectivity index (χ2n) is 6.83. The fourth-order valence-corrected chi connectivity index (χ4v) is 4.46. The van der Waals surface area contributed by atoms with Gasteiger partial charge in [0.05, 0.1) is 0 Å². The Balaban J connectivity index is 1.54. The molecule has 5 heteroatoms. The van der Waals surface area contributed by atoms with Gasteiger partial charge in [-0.15, -0.1) is 10.2 Å². The molecule has 1 aliphatic carbocycles. The Morgan fingerprint density at radius 1 is 1.04 bits per heavy atom. The van der Waals surface area contributed by atoms with Crippen molar-refractivity contribution in [3.8, 4) is 11.4 Å². The van der Waals surface area contributed by atoms with Gasteiger partial charge in [-0.3, -0.25) is 4.57 Å². The highest BCUT2D eigenvalue weighted by molar-refractivity contribution is 7.99. The molecule has 2 aromatic heterocycles. The predicted octanol–water partition coefficient (Wildman–Crippen LogP) is 5.61. The minimum Gasteiger partial charge on any atom is -0.360 e. The van der Waals surface area contributed by atoms with Gasteiger partial charge in [-0.1, -0.05) is 60.3 Å². The second-order valence-corrected chi connectivity index (χ2v) is 8.13. The van der Waals surface area contributed by atoms with E-state index in [1.165, 1.54) is 23.8 Å². The van der Waals surface area contributed by atoms with Gasteiger partial charge in [0.25, 0.3) is 0 Å². The lowest BCUT2D eigenvalue weighted by Crippen LogP contribution is -2.00. The van der Waals surface area contributed by atoms with Gasteiger partial charge in [0.2, 0.25) is 0 Å². The highest BCUT2D eigenvalue weighted by atomic mass is 32.2. The molecule has 0 radical (unpaired) electrons. The van der Waals surface area contributed by atoms with Gasteiger partial charge in [-0.2, -0.15) is 0 Å². The normalized spacial score (nSPS) is 15.4. The van der Waals surface area contributed by atoms with Gasteiger partial charge in [0.1, 0.15) is 0 Å². The first-order valence-electron chi connectivity index (χ1n) is 9.04. The van der Waals surface area contributed by atoms with E-state index in [1.54, 1.807) is 11.8 Å². The molecule has 1 fully saturated rings. The van der Waals surface area contributed by atoms with Crippen LogP contribution in [0.2, 0.25) is 0 Å².